The number of ketones is 2. The fraction of sp³-hybridized carbons (Fsp3) is 0.273. The lowest BCUT2D eigenvalue weighted by Gasteiger charge is -2.22. The van der Waals surface area contributed by atoms with Gasteiger partial charge in [0.2, 0.25) is 0 Å². The van der Waals surface area contributed by atoms with Crippen molar-refractivity contribution in [2.24, 2.45) is 0 Å². The summed E-state index contributed by atoms with van der Waals surface area (Å²) in [6.07, 6.45) is 1.75. The van der Waals surface area contributed by atoms with Gasteiger partial charge in [-0.3, -0.25) is 19.2 Å². The minimum absolute atomic E-state index is 0.0516. The Bertz CT molecular complexity index is 1490. The molecule has 224 valence electrons. The first-order chi connectivity index (χ1) is 20.5. The summed E-state index contributed by atoms with van der Waals surface area (Å²) in [4.78, 5) is 49.9. The van der Waals surface area contributed by atoms with Crippen LogP contribution in [0.1, 0.15) is 86.6 Å². The van der Waals surface area contributed by atoms with Crippen LogP contribution in [0.4, 0.5) is 13.2 Å². The Morgan fingerprint density at radius 1 is 0.791 bits per heavy atom. The highest BCUT2D eigenvalue weighted by molar-refractivity contribution is 6.32. The van der Waals surface area contributed by atoms with E-state index in [9.17, 15) is 32.3 Å². The largest absolute Gasteiger partial charge is 0.573 e. The Morgan fingerprint density at radius 2 is 1.35 bits per heavy atom. The third-order valence-corrected chi connectivity index (χ3v) is 7.22. The zero-order valence-electron chi connectivity index (χ0n) is 23.2. The molecule has 1 aliphatic carbocycles. The van der Waals surface area contributed by atoms with Crippen molar-refractivity contribution in [3.63, 3.8) is 0 Å². The van der Waals surface area contributed by atoms with E-state index in [1.807, 2.05) is 12.1 Å². The van der Waals surface area contributed by atoms with Crippen molar-refractivity contribution in [3.05, 3.63) is 107 Å². The molecule has 2 N–H and O–H groups in total. The van der Waals surface area contributed by atoms with Crippen LogP contribution in [-0.2, 0) is 4.79 Å². The topological polar surface area (TPSA) is 110 Å². The molecular weight excluding hydrogens is 563 g/mol. The molecule has 0 aromatic heterocycles. The second kappa shape index (κ2) is 14.0. The number of hydrogen-bond acceptors (Lipinski definition) is 5. The van der Waals surface area contributed by atoms with Gasteiger partial charge in [0.25, 0.3) is 5.91 Å². The van der Waals surface area contributed by atoms with Gasteiger partial charge in [0.1, 0.15) is 5.75 Å². The number of allylic oxidation sites excluding steroid dienone is 2. The molecule has 3 aromatic carbocycles. The number of ether oxygens (including phenoxy) is 1. The number of aliphatic carboxylic acids is 1. The average molecular weight is 594 g/mol. The van der Waals surface area contributed by atoms with Crippen molar-refractivity contribution in [1.82, 2.24) is 5.32 Å². The predicted octanol–water partition coefficient (Wildman–Crippen LogP) is 6.99. The number of rotatable bonds is 11. The van der Waals surface area contributed by atoms with Crippen molar-refractivity contribution in [2.75, 3.05) is 6.54 Å². The van der Waals surface area contributed by atoms with E-state index in [4.69, 9.17) is 5.11 Å². The van der Waals surface area contributed by atoms with Gasteiger partial charge in [0, 0.05) is 28.8 Å². The lowest BCUT2D eigenvalue weighted by molar-refractivity contribution is -0.274. The minimum atomic E-state index is -4.87. The number of nitrogens with one attached hydrogen (secondary N) is 1. The molecule has 43 heavy (non-hydrogen) atoms. The van der Waals surface area contributed by atoms with E-state index < -0.39 is 35.6 Å². The Labute approximate surface area is 246 Å². The van der Waals surface area contributed by atoms with Crippen molar-refractivity contribution in [2.45, 2.75) is 50.8 Å². The molecule has 1 aliphatic rings. The number of halogens is 3. The smallest absolute Gasteiger partial charge is 0.481 e. The maximum absolute atomic E-state index is 13.7. The van der Waals surface area contributed by atoms with E-state index in [0.29, 0.717) is 11.5 Å². The first-order valence-corrected chi connectivity index (χ1v) is 13.9. The number of amides is 1. The van der Waals surface area contributed by atoms with Crippen LogP contribution in [0, 0.1) is 0 Å². The fourth-order valence-corrected chi connectivity index (χ4v) is 5.00. The third-order valence-electron chi connectivity index (χ3n) is 7.22. The van der Waals surface area contributed by atoms with Gasteiger partial charge in [-0.05, 0) is 72.4 Å². The zero-order valence-corrected chi connectivity index (χ0v) is 23.2. The van der Waals surface area contributed by atoms with Crippen LogP contribution in [0.25, 0.3) is 5.57 Å². The molecule has 0 heterocycles. The Hall–Kier alpha value is -4.73. The van der Waals surface area contributed by atoms with Gasteiger partial charge < -0.3 is 15.2 Å². The molecule has 0 radical (unpaired) electrons. The van der Waals surface area contributed by atoms with Gasteiger partial charge in [-0.15, -0.1) is 13.2 Å². The normalized spacial score (nSPS) is 14.2. The van der Waals surface area contributed by atoms with Crippen molar-refractivity contribution >= 4 is 29.0 Å². The van der Waals surface area contributed by atoms with Crippen LogP contribution in [0.15, 0.2) is 78.9 Å². The number of alkyl halides is 3. The maximum Gasteiger partial charge on any atom is 0.573 e. The molecule has 3 aromatic rings. The molecular formula is C33H30F3NO6. The molecule has 0 aliphatic heterocycles. The van der Waals surface area contributed by atoms with E-state index in [1.165, 1.54) is 42.8 Å². The first-order valence-electron chi connectivity index (χ1n) is 13.9. The second-order valence-electron chi connectivity index (χ2n) is 10.3. The third kappa shape index (κ3) is 8.88. The summed E-state index contributed by atoms with van der Waals surface area (Å²) in [6.45, 7) is -0.0516. The molecule has 7 nitrogen and oxygen atoms in total. The first kappa shape index (κ1) is 31.2. The molecule has 0 saturated heterocycles. The van der Waals surface area contributed by atoms with Crippen molar-refractivity contribution in [1.29, 1.82) is 0 Å². The van der Waals surface area contributed by atoms with Crippen LogP contribution in [-0.4, -0.2) is 41.5 Å². The van der Waals surface area contributed by atoms with Crippen LogP contribution >= 0.6 is 0 Å². The summed E-state index contributed by atoms with van der Waals surface area (Å²) in [5.74, 6) is -2.68. The van der Waals surface area contributed by atoms with E-state index in [0.717, 1.165) is 49.5 Å². The Kier molecular flexibility index (Phi) is 10.1. The minimum Gasteiger partial charge on any atom is -0.481 e. The SMILES string of the molecule is O=C(O)CCNC(=O)c1ccc(C(=O)/C(=C\C(=O)c2ccc(OC(F)(F)F)cc2)c2ccc(C3CCCCC3)cc2)cc1. The van der Waals surface area contributed by atoms with Crippen LogP contribution in [0.2, 0.25) is 0 Å². The predicted molar refractivity (Wildman–Crippen MR) is 153 cm³/mol. The summed E-state index contributed by atoms with van der Waals surface area (Å²) in [5.41, 5.74) is 2.21. The van der Waals surface area contributed by atoms with Gasteiger partial charge in [0.15, 0.2) is 11.6 Å². The van der Waals surface area contributed by atoms with Gasteiger partial charge in [-0.2, -0.15) is 0 Å². The van der Waals surface area contributed by atoms with E-state index in [1.54, 1.807) is 12.1 Å². The average Bonchev–Trinajstić information content (AvgIpc) is 2.99. The highest BCUT2D eigenvalue weighted by atomic mass is 19.4. The molecule has 0 atom stereocenters. The van der Waals surface area contributed by atoms with Crippen molar-refractivity contribution < 1.29 is 42.2 Å². The number of carbonyl (C=O) groups is 4. The van der Waals surface area contributed by atoms with Crippen LogP contribution < -0.4 is 10.1 Å². The molecule has 10 heteroatoms. The number of carboxylic acid groups (broad SMARTS) is 1. The summed E-state index contributed by atoms with van der Waals surface area (Å²) in [5, 5.41) is 11.2. The molecule has 1 saturated carbocycles. The number of benzene rings is 3. The number of carbonyl (C=O) groups excluding carboxylic acids is 3. The van der Waals surface area contributed by atoms with Gasteiger partial charge in [-0.25, -0.2) is 0 Å². The van der Waals surface area contributed by atoms with Gasteiger partial charge in [0.05, 0.1) is 6.42 Å². The molecule has 1 amide bonds. The van der Waals surface area contributed by atoms with Crippen LogP contribution in [0.3, 0.4) is 0 Å². The highest BCUT2D eigenvalue weighted by Gasteiger charge is 2.31. The second-order valence-corrected chi connectivity index (χ2v) is 10.3. The molecule has 0 bridgehead atoms. The lowest BCUT2D eigenvalue weighted by Crippen LogP contribution is -2.26. The summed E-state index contributed by atoms with van der Waals surface area (Å²) < 4.78 is 41.5. The van der Waals surface area contributed by atoms with Crippen LogP contribution in [0.5, 0.6) is 5.75 Å². The lowest BCUT2D eigenvalue weighted by atomic mass is 9.83. The summed E-state index contributed by atoms with van der Waals surface area (Å²) >= 11 is 0. The van der Waals surface area contributed by atoms with Gasteiger partial charge >= 0.3 is 12.3 Å². The molecule has 0 spiro atoms. The quantitative estimate of drug-likeness (QED) is 0.183. The Balaban J connectivity index is 1.61. The number of Topliss-reactive ketones (excluding diaryl/α,β-unsaturated/α-hetero) is 1. The summed E-state index contributed by atoms with van der Waals surface area (Å²) in [7, 11) is 0. The Morgan fingerprint density at radius 3 is 1.93 bits per heavy atom. The van der Waals surface area contributed by atoms with Crippen molar-refractivity contribution in [3.8, 4) is 5.75 Å². The van der Waals surface area contributed by atoms with E-state index in [2.05, 4.69) is 10.1 Å². The summed E-state index contributed by atoms with van der Waals surface area (Å²) in [6, 6.07) is 17.6. The van der Waals surface area contributed by atoms with E-state index in [-0.39, 0.29) is 35.2 Å². The zero-order chi connectivity index (χ0) is 31.0. The van der Waals surface area contributed by atoms with Gasteiger partial charge in [-0.1, -0.05) is 55.7 Å². The number of carboxylic acids is 1. The monoisotopic (exact) mass is 593 g/mol. The standard InChI is InChI=1S/C33H30F3NO6/c34-33(35,36)43-27-16-14-24(15-17-27)29(38)20-28(23-8-6-22(7-9-23)21-4-2-1-3-5-21)31(41)25-10-12-26(13-11-25)32(42)37-19-18-30(39)40/h6-17,20-21H,1-5,18-19H2,(H,37,42)(H,39,40)/b28-20-. The van der Waals surface area contributed by atoms with E-state index >= 15 is 0 Å². The molecule has 4 rings (SSSR count). The molecule has 0 unspecified atom stereocenters. The fourth-order valence-electron chi connectivity index (χ4n) is 5.00. The molecule has 1 fully saturated rings. The number of hydrogen-bond donors (Lipinski definition) is 2. The maximum atomic E-state index is 13.7. The highest BCUT2D eigenvalue weighted by Crippen LogP contribution is 2.33.